The molecule has 1 N–H and O–H groups in total. The molecule has 1 aliphatic rings. The van der Waals surface area contributed by atoms with E-state index in [1.807, 2.05) is 25.2 Å². The zero-order valence-electron chi connectivity index (χ0n) is 12.8. The summed E-state index contributed by atoms with van der Waals surface area (Å²) in [6, 6.07) is 11.3. The monoisotopic (exact) mass is 321 g/mol. The Balaban J connectivity index is 1.99. The first-order valence-electron chi connectivity index (χ1n) is 7.56. The molecule has 2 nitrogen and oxygen atoms in total. The van der Waals surface area contributed by atoms with Crippen LogP contribution in [-0.4, -0.2) is 20.2 Å². The average molecular weight is 321 g/mol. The highest BCUT2D eigenvalue weighted by molar-refractivity contribution is 5.69. The second-order valence-corrected chi connectivity index (χ2v) is 5.62. The van der Waals surface area contributed by atoms with Crippen LogP contribution in [0.25, 0.3) is 11.1 Å². The van der Waals surface area contributed by atoms with Crippen LogP contribution in [0, 0.1) is 0 Å². The third kappa shape index (κ3) is 3.26. The Kier molecular flexibility index (Phi) is 4.41. The first kappa shape index (κ1) is 16.0. The Morgan fingerprint density at radius 3 is 2.52 bits per heavy atom. The van der Waals surface area contributed by atoms with Crippen molar-refractivity contribution in [1.29, 1.82) is 0 Å². The Labute approximate surface area is 133 Å². The Bertz CT molecular complexity index is 680. The molecule has 0 spiro atoms. The summed E-state index contributed by atoms with van der Waals surface area (Å²) >= 11 is 0. The standard InChI is InChI=1S/C18H18F3NO/c1-22-11-17-16-4-2-3-14(15(16)9-10-23-17)12-5-7-13(8-6-12)18(19,20)21/h2-8,17,22H,9-11H2,1H3. The second kappa shape index (κ2) is 6.34. The molecule has 3 rings (SSSR count). The third-order valence-corrected chi connectivity index (χ3v) is 4.14. The molecule has 0 radical (unpaired) electrons. The molecule has 2 aromatic rings. The zero-order chi connectivity index (χ0) is 16.4. The highest BCUT2D eigenvalue weighted by Crippen LogP contribution is 2.36. The number of likely N-dealkylation sites (N-methyl/N-ethyl adjacent to an activating group) is 1. The maximum atomic E-state index is 12.7. The van der Waals surface area contributed by atoms with Gasteiger partial charge in [-0.1, -0.05) is 30.3 Å². The van der Waals surface area contributed by atoms with Gasteiger partial charge in [-0.3, -0.25) is 0 Å². The summed E-state index contributed by atoms with van der Waals surface area (Å²) in [7, 11) is 1.87. The molecule has 122 valence electrons. The van der Waals surface area contributed by atoms with Crippen LogP contribution in [0.4, 0.5) is 13.2 Å². The van der Waals surface area contributed by atoms with Crippen molar-refractivity contribution in [3.63, 3.8) is 0 Å². The van der Waals surface area contributed by atoms with Crippen LogP contribution in [0.5, 0.6) is 0 Å². The highest BCUT2D eigenvalue weighted by atomic mass is 19.4. The molecule has 2 aromatic carbocycles. The van der Waals surface area contributed by atoms with Gasteiger partial charge in [0.1, 0.15) is 0 Å². The maximum Gasteiger partial charge on any atom is 0.416 e. The van der Waals surface area contributed by atoms with Crippen molar-refractivity contribution < 1.29 is 17.9 Å². The largest absolute Gasteiger partial charge is 0.416 e. The van der Waals surface area contributed by atoms with Crippen molar-refractivity contribution >= 4 is 0 Å². The van der Waals surface area contributed by atoms with Crippen molar-refractivity contribution in [3.8, 4) is 11.1 Å². The minimum Gasteiger partial charge on any atom is -0.372 e. The average Bonchev–Trinajstić information content (AvgIpc) is 2.54. The van der Waals surface area contributed by atoms with E-state index in [-0.39, 0.29) is 6.10 Å². The molecule has 0 fully saturated rings. The predicted molar refractivity (Wildman–Crippen MR) is 83.2 cm³/mol. The van der Waals surface area contributed by atoms with Crippen molar-refractivity contribution in [1.82, 2.24) is 5.32 Å². The van der Waals surface area contributed by atoms with Gasteiger partial charge in [0, 0.05) is 6.54 Å². The van der Waals surface area contributed by atoms with E-state index in [1.54, 1.807) is 12.1 Å². The lowest BCUT2D eigenvalue weighted by Crippen LogP contribution is -2.25. The van der Waals surface area contributed by atoms with E-state index in [4.69, 9.17) is 4.74 Å². The Morgan fingerprint density at radius 1 is 1.13 bits per heavy atom. The lowest BCUT2D eigenvalue weighted by Gasteiger charge is -2.28. The molecule has 5 heteroatoms. The van der Waals surface area contributed by atoms with Crippen LogP contribution in [0.15, 0.2) is 42.5 Å². The van der Waals surface area contributed by atoms with E-state index in [0.717, 1.165) is 35.2 Å². The SMILES string of the molecule is CNCC1OCCc2c(-c3ccc(C(F)(F)F)cc3)cccc21. The van der Waals surface area contributed by atoms with Gasteiger partial charge < -0.3 is 10.1 Å². The number of hydrogen-bond acceptors (Lipinski definition) is 2. The lowest BCUT2D eigenvalue weighted by molar-refractivity contribution is -0.137. The fraction of sp³-hybridized carbons (Fsp3) is 0.333. The van der Waals surface area contributed by atoms with Crippen LogP contribution in [0.1, 0.15) is 22.8 Å². The highest BCUT2D eigenvalue weighted by Gasteiger charge is 2.30. The predicted octanol–water partition coefficient (Wildman–Crippen LogP) is 4.21. The summed E-state index contributed by atoms with van der Waals surface area (Å²) in [6.07, 6.45) is -3.55. The molecule has 1 heterocycles. The van der Waals surface area contributed by atoms with Gasteiger partial charge in [0.2, 0.25) is 0 Å². The Hall–Kier alpha value is -1.85. The molecular formula is C18H18F3NO. The number of rotatable bonds is 3. The van der Waals surface area contributed by atoms with Crippen molar-refractivity contribution in [3.05, 3.63) is 59.2 Å². The maximum absolute atomic E-state index is 12.7. The molecule has 0 bridgehead atoms. The fourth-order valence-electron chi connectivity index (χ4n) is 3.04. The van der Waals surface area contributed by atoms with E-state index in [0.29, 0.717) is 13.2 Å². The molecule has 0 saturated carbocycles. The second-order valence-electron chi connectivity index (χ2n) is 5.62. The number of ether oxygens (including phenoxy) is 1. The Morgan fingerprint density at radius 2 is 1.87 bits per heavy atom. The molecule has 0 saturated heterocycles. The van der Waals surface area contributed by atoms with Crippen LogP contribution in [0.3, 0.4) is 0 Å². The van der Waals surface area contributed by atoms with Crippen molar-refractivity contribution in [2.24, 2.45) is 0 Å². The van der Waals surface area contributed by atoms with Crippen LogP contribution in [-0.2, 0) is 17.3 Å². The number of fused-ring (bicyclic) bond motifs is 1. The van der Waals surface area contributed by atoms with Gasteiger partial charge >= 0.3 is 6.18 Å². The normalized spacial score (nSPS) is 17.8. The van der Waals surface area contributed by atoms with E-state index >= 15 is 0 Å². The summed E-state index contributed by atoms with van der Waals surface area (Å²) in [6.45, 7) is 1.33. The number of halogens is 3. The first-order chi connectivity index (χ1) is 11.0. The van der Waals surface area contributed by atoms with Gasteiger partial charge in [-0.25, -0.2) is 0 Å². The van der Waals surface area contributed by atoms with Gasteiger partial charge in [0.25, 0.3) is 0 Å². The number of nitrogens with one attached hydrogen (secondary N) is 1. The third-order valence-electron chi connectivity index (χ3n) is 4.14. The van der Waals surface area contributed by atoms with E-state index in [2.05, 4.69) is 5.32 Å². The molecule has 0 aromatic heterocycles. The molecule has 0 aliphatic carbocycles. The van der Waals surface area contributed by atoms with E-state index in [1.165, 1.54) is 5.56 Å². The van der Waals surface area contributed by atoms with E-state index < -0.39 is 11.7 Å². The summed E-state index contributed by atoms with van der Waals surface area (Å²) < 4.78 is 43.9. The summed E-state index contributed by atoms with van der Waals surface area (Å²) in [5.41, 5.74) is 3.45. The smallest absolute Gasteiger partial charge is 0.372 e. The lowest BCUT2D eigenvalue weighted by atomic mass is 9.89. The van der Waals surface area contributed by atoms with Crippen LogP contribution in [0.2, 0.25) is 0 Å². The van der Waals surface area contributed by atoms with Gasteiger partial charge in [0.05, 0.1) is 18.3 Å². The van der Waals surface area contributed by atoms with Crippen LogP contribution >= 0.6 is 0 Å². The fourth-order valence-corrected chi connectivity index (χ4v) is 3.04. The minimum absolute atomic E-state index is 0.0156. The molecule has 0 amide bonds. The first-order valence-corrected chi connectivity index (χ1v) is 7.56. The zero-order valence-corrected chi connectivity index (χ0v) is 12.8. The van der Waals surface area contributed by atoms with Gasteiger partial charge in [-0.2, -0.15) is 13.2 Å². The quantitative estimate of drug-likeness (QED) is 0.914. The molecule has 1 aliphatic heterocycles. The molecule has 1 unspecified atom stereocenters. The minimum atomic E-state index is -4.31. The van der Waals surface area contributed by atoms with Crippen molar-refractivity contribution in [2.45, 2.75) is 18.7 Å². The van der Waals surface area contributed by atoms with Gasteiger partial charge in [-0.05, 0) is 47.9 Å². The number of hydrogen-bond donors (Lipinski definition) is 1. The molecule has 1 atom stereocenters. The van der Waals surface area contributed by atoms with Gasteiger partial charge in [0.15, 0.2) is 0 Å². The van der Waals surface area contributed by atoms with E-state index in [9.17, 15) is 13.2 Å². The topological polar surface area (TPSA) is 21.3 Å². The molecular weight excluding hydrogens is 303 g/mol. The number of benzene rings is 2. The number of alkyl halides is 3. The van der Waals surface area contributed by atoms with Gasteiger partial charge in [-0.15, -0.1) is 0 Å². The summed E-state index contributed by atoms with van der Waals surface area (Å²) in [4.78, 5) is 0. The summed E-state index contributed by atoms with van der Waals surface area (Å²) in [5.74, 6) is 0. The van der Waals surface area contributed by atoms with Crippen LogP contribution < -0.4 is 5.32 Å². The summed E-state index contributed by atoms with van der Waals surface area (Å²) in [5, 5.41) is 3.11. The molecule has 23 heavy (non-hydrogen) atoms. The van der Waals surface area contributed by atoms with Crippen molar-refractivity contribution in [2.75, 3.05) is 20.2 Å².